The first-order valence-electron chi connectivity index (χ1n) is 7.03. The molecule has 0 unspecified atom stereocenters. The van der Waals surface area contributed by atoms with Crippen LogP contribution in [-0.4, -0.2) is 0 Å². The molecule has 0 saturated carbocycles. The van der Waals surface area contributed by atoms with Crippen molar-refractivity contribution >= 4 is 57.7 Å². The number of nitriles is 1. The Morgan fingerprint density at radius 2 is 1.60 bits per heavy atom. The van der Waals surface area contributed by atoms with Crippen LogP contribution in [0.25, 0.3) is 11.1 Å². The Labute approximate surface area is 169 Å². The zero-order chi connectivity index (χ0) is 18.0. The number of benzene rings is 2. The zero-order valence-corrected chi connectivity index (χ0v) is 16.4. The van der Waals surface area contributed by atoms with E-state index in [1.165, 1.54) is 11.3 Å². The van der Waals surface area contributed by atoms with Crippen LogP contribution in [0.3, 0.4) is 0 Å². The summed E-state index contributed by atoms with van der Waals surface area (Å²) in [5.74, 6) is 0. The Morgan fingerprint density at radius 1 is 0.920 bits per heavy atom. The first-order chi connectivity index (χ1) is 12.0. The van der Waals surface area contributed by atoms with Gasteiger partial charge in [0.15, 0.2) is 5.06 Å². The SMILES string of the molecule is N#Cc1c(-c2ccc(Cl)c(Cl)c2)csc1OCc1ccc(Cl)c(Cl)c1. The Morgan fingerprint density at radius 3 is 2.24 bits per heavy atom. The Kier molecular flexibility index (Phi) is 5.78. The number of hydrogen-bond donors (Lipinski definition) is 0. The summed E-state index contributed by atoms with van der Waals surface area (Å²) in [6, 6.07) is 12.7. The van der Waals surface area contributed by atoms with E-state index in [9.17, 15) is 5.26 Å². The molecular formula is C18H9Cl4NOS. The van der Waals surface area contributed by atoms with Crippen LogP contribution in [0.15, 0.2) is 41.8 Å². The summed E-state index contributed by atoms with van der Waals surface area (Å²) in [4.78, 5) is 0. The fraction of sp³-hybridized carbons (Fsp3) is 0.0556. The van der Waals surface area contributed by atoms with Gasteiger partial charge in [-0.15, -0.1) is 11.3 Å². The van der Waals surface area contributed by atoms with Gasteiger partial charge in [0.25, 0.3) is 0 Å². The molecule has 1 heterocycles. The Bertz CT molecular complexity index is 978. The largest absolute Gasteiger partial charge is 0.478 e. The quantitative estimate of drug-likeness (QED) is 0.431. The number of hydrogen-bond acceptors (Lipinski definition) is 3. The van der Waals surface area contributed by atoms with Crippen molar-refractivity contribution in [3.63, 3.8) is 0 Å². The molecule has 7 heteroatoms. The van der Waals surface area contributed by atoms with Crippen molar-refractivity contribution in [2.24, 2.45) is 0 Å². The van der Waals surface area contributed by atoms with Gasteiger partial charge in [-0.05, 0) is 35.4 Å². The van der Waals surface area contributed by atoms with Crippen LogP contribution in [0.2, 0.25) is 20.1 Å². The van der Waals surface area contributed by atoms with Gasteiger partial charge in [-0.3, -0.25) is 0 Å². The topological polar surface area (TPSA) is 33.0 Å². The molecule has 0 fully saturated rings. The second-order valence-corrected chi connectivity index (χ2v) is 7.56. The molecule has 25 heavy (non-hydrogen) atoms. The van der Waals surface area contributed by atoms with Crippen molar-refractivity contribution in [3.05, 3.63) is 73.0 Å². The van der Waals surface area contributed by atoms with Crippen LogP contribution in [0.4, 0.5) is 0 Å². The van der Waals surface area contributed by atoms with E-state index in [-0.39, 0.29) is 6.61 Å². The highest BCUT2D eigenvalue weighted by Gasteiger charge is 2.15. The van der Waals surface area contributed by atoms with Crippen molar-refractivity contribution in [1.29, 1.82) is 5.26 Å². The Balaban J connectivity index is 1.86. The summed E-state index contributed by atoms with van der Waals surface area (Å²) >= 11 is 25.3. The molecule has 126 valence electrons. The van der Waals surface area contributed by atoms with Crippen LogP contribution in [0.1, 0.15) is 11.1 Å². The van der Waals surface area contributed by atoms with Crippen molar-refractivity contribution in [1.82, 2.24) is 0 Å². The van der Waals surface area contributed by atoms with Crippen molar-refractivity contribution < 1.29 is 4.74 Å². The molecule has 2 nitrogen and oxygen atoms in total. The number of ether oxygens (including phenoxy) is 1. The highest BCUT2D eigenvalue weighted by Crippen LogP contribution is 2.39. The van der Waals surface area contributed by atoms with E-state index in [0.717, 1.165) is 16.7 Å². The average molecular weight is 429 g/mol. The molecule has 0 N–H and O–H groups in total. The number of thiophene rings is 1. The minimum atomic E-state index is 0.285. The van der Waals surface area contributed by atoms with Crippen LogP contribution < -0.4 is 4.74 Å². The standard InChI is InChI=1S/C18H9Cl4NOS/c19-14-3-1-10(5-16(14)21)8-24-18-12(7-23)13(9-25-18)11-2-4-15(20)17(22)6-11/h1-6,9H,8H2. The van der Waals surface area contributed by atoms with Gasteiger partial charge >= 0.3 is 0 Å². The normalized spacial score (nSPS) is 10.5. The Hall–Kier alpha value is -1.41. The highest BCUT2D eigenvalue weighted by atomic mass is 35.5. The van der Waals surface area contributed by atoms with Crippen molar-refractivity contribution in [2.75, 3.05) is 0 Å². The smallest absolute Gasteiger partial charge is 0.192 e. The summed E-state index contributed by atoms with van der Waals surface area (Å²) in [6.07, 6.45) is 0. The monoisotopic (exact) mass is 427 g/mol. The number of halogens is 4. The molecule has 2 aromatic carbocycles. The molecular weight excluding hydrogens is 420 g/mol. The molecule has 1 aromatic heterocycles. The molecule has 0 aliphatic heterocycles. The summed E-state index contributed by atoms with van der Waals surface area (Å²) < 4.78 is 5.80. The predicted octanol–water partition coefficient (Wildman–Crippen LogP) is 7.48. The first-order valence-corrected chi connectivity index (χ1v) is 9.42. The predicted molar refractivity (Wildman–Crippen MR) is 105 cm³/mol. The number of nitrogens with zero attached hydrogens (tertiary/aromatic N) is 1. The van der Waals surface area contributed by atoms with Gasteiger partial charge in [-0.2, -0.15) is 5.26 Å². The van der Waals surface area contributed by atoms with E-state index in [2.05, 4.69) is 6.07 Å². The zero-order valence-electron chi connectivity index (χ0n) is 12.5. The van der Waals surface area contributed by atoms with E-state index in [0.29, 0.717) is 30.7 Å². The van der Waals surface area contributed by atoms with E-state index >= 15 is 0 Å². The maximum absolute atomic E-state index is 9.53. The van der Waals surface area contributed by atoms with Gasteiger partial charge in [0.05, 0.1) is 20.1 Å². The molecule has 0 aliphatic carbocycles. The second-order valence-electron chi connectivity index (χ2n) is 5.09. The minimum absolute atomic E-state index is 0.285. The molecule has 0 atom stereocenters. The number of rotatable bonds is 4. The molecule has 0 saturated heterocycles. The lowest BCUT2D eigenvalue weighted by Crippen LogP contribution is -1.95. The van der Waals surface area contributed by atoms with Gasteiger partial charge < -0.3 is 4.74 Å². The van der Waals surface area contributed by atoms with Crippen LogP contribution in [0, 0.1) is 11.3 Å². The van der Waals surface area contributed by atoms with Crippen LogP contribution >= 0.6 is 57.7 Å². The van der Waals surface area contributed by atoms with Gasteiger partial charge in [-0.25, -0.2) is 0 Å². The van der Waals surface area contributed by atoms with Gasteiger partial charge in [0.1, 0.15) is 18.2 Å². The van der Waals surface area contributed by atoms with E-state index in [1.807, 2.05) is 17.5 Å². The van der Waals surface area contributed by atoms with E-state index < -0.39 is 0 Å². The van der Waals surface area contributed by atoms with E-state index in [4.69, 9.17) is 51.1 Å². The average Bonchev–Trinajstić information content (AvgIpc) is 3.01. The minimum Gasteiger partial charge on any atom is -0.478 e. The fourth-order valence-electron chi connectivity index (χ4n) is 2.21. The van der Waals surface area contributed by atoms with Crippen LogP contribution in [-0.2, 0) is 6.61 Å². The van der Waals surface area contributed by atoms with Gasteiger partial charge in [-0.1, -0.05) is 58.5 Å². The lowest BCUT2D eigenvalue weighted by molar-refractivity contribution is 0.315. The van der Waals surface area contributed by atoms with Crippen molar-refractivity contribution in [2.45, 2.75) is 6.61 Å². The molecule has 0 aliphatic rings. The molecule has 0 amide bonds. The molecule has 0 bridgehead atoms. The van der Waals surface area contributed by atoms with Crippen LogP contribution in [0.5, 0.6) is 5.06 Å². The molecule has 3 rings (SSSR count). The third kappa shape index (κ3) is 4.06. The summed E-state index contributed by atoms with van der Waals surface area (Å²) in [6.45, 7) is 0.285. The lowest BCUT2D eigenvalue weighted by Gasteiger charge is -2.06. The maximum Gasteiger partial charge on any atom is 0.192 e. The van der Waals surface area contributed by atoms with Gasteiger partial charge in [0, 0.05) is 10.9 Å². The first kappa shape index (κ1) is 18.4. The van der Waals surface area contributed by atoms with E-state index in [1.54, 1.807) is 24.3 Å². The summed E-state index contributed by atoms with van der Waals surface area (Å²) in [7, 11) is 0. The molecule has 3 aromatic rings. The molecule has 0 radical (unpaired) electrons. The lowest BCUT2D eigenvalue weighted by atomic mass is 10.1. The second kappa shape index (κ2) is 7.86. The third-order valence-corrected chi connectivity index (χ3v) is 5.82. The summed E-state index contributed by atoms with van der Waals surface area (Å²) in [5.41, 5.74) is 2.90. The molecule has 0 spiro atoms. The highest BCUT2D eigenvalue weighted by molar-refractivity contribution is 7.12. The maximum atomic E-state index is 9.53. The summed E-state index contributed by atoms with van der Waals surface area (Å²) in [5, 5.41) is 13.8. The fourth-order valence-corrected chi connectivity index (χ4v) is 3.70. The van der Waals surface area contributed by atoms with Crippen molar-refractivity contribution in [3.8, 4) is 22.3 Å². The third-order valence-electron chi connectivity index (χ3n) is 3.45. The van der Waals surface area contributed by atoms with Gasteiger partial charge in [0.2, 0.25) is 0 Å².